The summed E-state index contributed by atoms with van der Waals surface area (Å²) in [5.41, 5.74) is 4.42. The van der Waals surface area contributed by atoms with Crippen LogP contribution in [0.5, 0.6) is 0 Å². The Hall–Kier alpha value is -3.28. The van der Waals surface area contributed by atoms with Crippen LogP contribution >= 0.6 is 0 Å². The number of rotatable bonds is 12. The first-order valence-electron chi connectivity index (χ1n) is 14.7. The van der Waals surface area contributed by atoms with Crippen LogP contribution in [0, 0.1) is 0 Å². The molecule has 4 aromatic rings. The van der Waals surface area contributed by atoms with Crippen LogP contribution < -0.4 is 0 Å². The first kappa shape index (κ1) is 28.3. The monoisotopic (exact) mass is 534 g/mol. The van der Waals surface area contributed by atoms with Crippen molar-refractivity contribution in [2.75, 3.05) is 13.1 Å². The van der Waals surface area contributed by atoms with Gasteiger partial charge in [0.1, 0.15) is 0 Å². The third-order valence-electron chi connectivity index (χ3n) is 8.27. The van der Waals surface area contributed by atoms with E-state index in [1.54, 1.807) is 0 Å². The summed E-state index contributed by atoms with van der Waals surface area (Å²) < 4.78 is 0. The molecule has 4 atom stereocenters. The quantitative estimate of drug-likeness (QED) is 0.211. The molecule has 208 valence electrons. The first-order valence-corrected chi connectivity index (χ1v) is 14.7. The Labute approximate surface area is 239 Å². The topological polar surface area (TPSA) is 46.9 Å². The minimum atomic E-state index is -0.565. The van der Waals surface area contributed by atoms with Crippen LogP contribution in [0.25, 0.3) is 0 Å². The van der Waals surface area contributed by atoms with Crippen molar-refractivity contribution in [1.82, 2.24) is 9.80 Å². The molecule has 4 nitrogen and oxygen atoms in total. The van der Waals surface area contributed by atoms with E-state index in [4.69, 9.17) is 0 Å². The van der Waals surface area contributed by atoms with E-state index in [1.165, 1.54) is 24.0 Å². The molecule has 0 amide bonds. The second kappa shape index (κ2) is 14.4. The van der Waals surface area contributed by atoms with Crippen molar-refractivity contribution in [1.29, 1.82) is 0 Å². The molecule has 0 spiro atoms. The molecule has 1 aliphatic carbocycles. The SMILES string of the molecule is O[C@@H](CN(Cc1ccccc1)[C@@H]1CCCC[C@H]1N(Cc1ccccc1)C[C@H](O)c1ccccc1)c1ccccc1. The lowest BCUT2D eigenvalue weighted by molar-refractivity contribution is -0.00583. The van der Waals surface area contributed by atoms with Crippen LogP contribution in [0.1, 0.15) is 60.1 Å². The second-order valence-electron chi connectivity index (χ2n) is 11.1. The number of hydrogen-bond acceptors (Lipinski definition) is 4. The fourth-order valence-electron chi connectivity index (χ4n) is 6.22. The summed E-state index contributed by atoms with van der Waals surface area (Å²) in [6.45, 7) is 2.71. The lowest BCUT2D eigenvalue weighted by Gasteiger charge is -2.46. The first-order chi connectivity index (χ1) is 19.7. The predicted octanol–water partition coefficient (Wildman–Crippen LogP) is 6.77. The summed E-state index contributed by atoms with van der Waals surface area (Å²) >= 11 is 0. The smallest absolute Gasteiger partial charge is 0.0917 e. The number of hydrogen-bond donors (Lipinski definition) is 2. The summed E-state index contributed by atoms with van der Waals surface area (Å²) in [5.74, 6) is 0. The van der Waals surface area contributed by atoms with Gasteiger partial charge in [-0.15, -0.1) is 0 Å². The Morgan fingerprint density at radius 1 is 0.500 bits per heavy atom. The van der Waals surface area contributed by atoms with Gasteiger partial charge in [0, 0.05) is 38.3 Å². The summed E-state index contributed by atoms with van der Waals surface area (Å²) in [5, 5.41) is 22.7. The van der Waals surface area contributed by atoms with Crippen LogP contribution in [0.4, 0.5) is 0 Å². The van der Waals surface area contributed by atoms with Gasteiger partial charge in [-0.25, -0.2) is 0 Å². The highest BCUT2D eigenvalue weighted by molar-refractivity contribution is 5.21. The molecule has 4 heteroatoms. The van der Waals surface area contributed by atoms with Crippen LogP contribution in [-0.2, 0) is 13.1 Å². The van der Waals surface area contributed by atoms with E-state index < -0.39 is 12.2 Å². The van der Waals surface area contributed by atoms with Gasteiger partial charge in [0.15, 0.2) is 0 Å². The van der Waals surface area contributed by atoms with E-state index >= 15 is 0 Å². The van der Waals surface area contributed by atoms with Crippen molar-refractivity contribution >= 4 is 0 Å². The molecule has 0 saturated heterocycles. The van der Waals surface area contributed by atoms with E-state index in [1.807, 2.05) is 60.7 Å². The fraction of sp³-hybridized carbons (Fsp3) is 0.333. The fourth-order valence-corrected chi connectivity index (χ4v) is 6.22. The molecule has 5 rings (SSSR count). The number of aliphatic hydroxyl groups excluding tert-OH is 2. The van der Waals surface area contributed by atoms with Crippen molar-refractivity contribution in [3.05, 3.63) is 144 Å². The van der Waals surface area contributed by atoms with Gasteiger partial charge in [-0.1, -0.05) is 134 Å². The van der Waals surface area contributed by atoms with E-state index in [9.17, 15) is 10.2 Å². The average Bonchev–Trinajstić information content (AvgIpc) is 3.02. The average molecular weight is 535 g/mol. The highest BCUT2D eigenvalue weighted by atomic mass is 16.3. The highest BCUT2D eigenvalue weighted by Gasteiger charge is 2.36. The maximum Gasteiger partial charge on any atom is 0.0917 e. The van der Waals surface area contributed by atoms with Crippen LogP contribution in [0.3, 0.4) is 0 Å². The maximum atomic E-state index is 11.4. The van der Waals surface area contributed by atoms with Crippen molar-refractivity contribution < 1.29 is 10.2 Å². The molecule has 2 N–H and O–H groups in total. The van der Waals surface area contributed by atoms with Crippen molar-refractivity contribution in [3.63, 3.8) is 0 Å². The standard InChI is InChI=1S/C36H42N2O2/c39-35(31-19-9-3-10-20-31)27-37(25-29-15-5-1-6-16-29)33-23-13-14-24-34(33)38(26-30-17-7-2-8-18-30)28-36(40)32-21-11-4-12-22-32/h1-12,15-22,33-36,39-40H,13-14,23-28H2/t33-,34-,35+,36+/m1/s1. The molecule has 0 aliphatic heterocycles. The molecule has 0 unspecified atom stereocenters. The van der Waals surface area contributed by atoms with Gasteiger partial charge >= 0.3 is 0 Å². The molecular formula is C36H42N2O2. The van der Waals surface area contributed by atoms with Gasteiger partial charge in [0.05, 0.1) is 12.2 Å². The Bertz CT molecular complexity index is 1150. The molecular weight excluding hydrogens is 492 g/mol. The minimum Gasteiger partial charge on any atom is -0.387 e. The van der Waals surface area contributed by atoms with E-state index in [2.05, 4.69) is 70.5 Å². The largest absolute Gasteiger partial charge is 0.387 e. The van der Waals surface area contributed by atoms with Crippen LogP contribution in [-0.4, -0.2) is 45.2 Å². The molecule has 0 heterocycles. The van der Waals surface area contributed by atoms with Crippen molar-refractivity contribution in [3.8, 4) is 0 Å². The van der Waals surface area contributed by atoms with Gasteiger partial charge in [0.25, 0.3) is 0 Å². The molecule has 0 radical (unpaired) electrons. The molecule has 0 aromatic heterocycles. The number of aliphatic hydroxyl groups is 2. The third kappa shape index (κ3) is 7.67. The highest BCUT2D eigenvalue weighted by Crippen LogP contribution is 2.32. The molecule has 1 fully saturated rings. The molecule has 0 bridgehead atoms. The van der Waals surface area contributed by atoms with Gasteiger partial charge in [-0.2, -0.15) is 0 Å². The van der Waals surface area contributed by atoms with E-state index in [0.717, 1.165) is 37.1 Å². The molecule has 4 aromatic carbocycles. The van der Waals surface area contributed by atoms with E-state index in [-0.39, 0.29) is 12.1 Å². The van der Waals surface area contributed by atoms with Crippen LogP contribution in [0.2, 0.25) is 0 Å². The van der Waals surface area contributed by atoms with Crippen LogP contribution in [0.15, 0.2) is 121 Å². The molecule has 40 heavy (non-hydrogen) atoms. The molecule has 1 saturated carbocycles. The summed E-state index contributed by atoms with van der Waals surface area (Å²) in [7, 11) is 0. The second-order valence-corrected chi connectivity index (χ2v) is 11.1. The minimum absolute atomic E-state index is 0.263. The lowest BCUT2D eigenvalue weighted by atomic mass is 9.86. The Morgan fingerprint density at radius 3 is 1.18 bits per heavy atom. The summed E-state index contributed by atoms with van der Waals surface area (Å²) in [4.78, 5) is 5.01. The van der Waals surface area contributed by atoms with Crippen molar-refractivity contribution in [2.45, 2.75) is 63.1 Å². The summed E-state index contributed by atoms with van der Waals surface area (Å²) in [6.07, 6.45) is 3.37. The van der Waals surface area contributed by atoms with Gasteiger partial charge in [0.2, 0.25) is 0 Å². The van der Waals surface area contributed by atoms with E-state index in [0.29, 0.717) is 13.1 Å². The van der Waals surface area contributed by atoms with Gasteiger partial charge < -0.3 is 10.2 Å². The summed E-state index contributed by atoms with van der Waals surface area (Å²) in [6, 6.07) is 41.8. The Balaban J connectivity index is 1.44. The Kier molecular flexibility index (Phi) is 10.2. The zero-order valence-corrected chi connectivity index (χ0v) is 23.3. The third-order valence-corrected chi connectivity index (χ3v) is 8.27. The normalized spacial score (nSPS) is 19.0. The zero-order chi connectivity index (χ0) is 27.6. The van der Waals surface area contributed by atoms with Gasteiger partial charge in [-0.05, 0) is 35.1 Å². The number of nitrogens with zero attached hydrogens (tertiary/aromatic N) is 2. The zero-order valence-electron chi connectivity index (χ0n) is 23.3. The Morgan fingerprint density at radius 2 is 0.825 bits per heavy atom. The van der Waals surface area contributed by atoms with Crippen molar-refractivity contribution in [2.24, 2.45) is 0 Å². The number of benzene rings is 4. The maximum absolute atomic E-state index is 11.4. The van der Waals surface area contributed by atoms with Gasteiger partial charge in [-0.3, -0.25) is 9.80 Å². The predicted molar refractivity (Wildman–Crippen MR) is 163 cm³/mol. The lowest BCUT2D eigenvalue weighted by Crippen LogP contribution is -2.54. The molecule has 1 aliphatic rings.